The number of hydrogen-bond donors (Lipinski definition) is 1. The molecule has 5 heteroatoms. The Labute approximate surface area is 170 Å². The van der Waals surface area contributed by atoms with Crippen molar-refractivity contribution in [3.05, 3.63) is 77.4 Å². The van der Waals surface area contributed by atoms with Gasteiger partial charge in [0.25, 0.3) is 0 Å². The Morgan fingerprint density at radius 3 is 2.75 bits per heavy atom. The zero-order valence-corrected chi connectivity index (χ0v) is 16.5. The quantitative estimate of drug-likeness (QED) is 0.637. The third-order valence-corrected chi connectivity index (χ3v) is 6.85. The molecule has 2 aromatic carbocycles. The molecule has 0 saturated carbocycles. The number of methoxy groups -OCH3 is 1. The van der Waals surface area contributed by atoms with Gasteiger partial charge in [-0.2, -0.15) is 0 Å². The minimum Gasteiger partial charge on any atom is -0.466 e. The number of nitrogens with zero attached hydrogens (tertiary/aromatic N) is 1. The van der Waals surface area contributed by atoms with E-state index in [4.69, 9.17) is 17.0 Å². The molecule has 2 aromatic rings. The van der Waals surface area contributed by atoms with Crippen LogP contribution in [0, 0.1) is 0 Å². The van der Waals surface area contributed by atoms with Crippen LogP contribution in [0.5, 0.6) is 0 Å². The van der Waals surface area contributed by atoms with Crippen LogP contribution in [0.2, 0.25) is 0 Å². The molecule has 142 valence electrons. The first kappa shape index (κ1) is 17.4. The van der Waals surface area contributed by atoms with Gasteiger partial charge in [0.1, 0.15) is 0 Å². The maximum absolute atomic E-state index is 12.5. The monoisotopic (exact) mass is 390 g/mol. The summed E-state index contributed by atoms with van der Waals surface area (Å²) in [6.07, 6.45) is 3.59. The number of anilines is 1. The van der Waals surface area contributed by atoms with Crippen molar-refractivity contribution in [3.63, 3.8) is 0 Å². The predicted molar refractivity (Wildman–Crippen MR) is 113 cm³/mol. The zero-order valence-electron chi connectivity index (χ0n) is 15.7. The van der Waals surface area contributed by atoms with E-state index in [-0.39, 0.29) is 23.5 Å². The Kier molecular flexibility index (Phi) is 4.02. The van der Waals surface area contributed by atoms with Crippen molar-refractivity contribution in [3.8, 4) is 0 Å². The van der Waals surface area contributed by atoms with Crippen molar-refractivity contribution in [2.45, 2.75) is 36.9 Å². The lowest BCUT2D eigenvalue weighted by molar-refractivity contribution is -0.136. The number of benzene rings is 2. The van der Waals surface area contributed by atoms with Crippen LogP contribution in [-0.4, -0.2) is 35.1 Å². The van der Waals surface area contributed by atoms with Crippen LogP contribution in [0.25, 0.3) is 0 Å². The summed E-state index contributed by atoms with van der Waals surface area (Å²) in [6.45, 7) is 0.794. The number of esters is 1. The molecule has 0 radical (unpaired) electrons. The summed E-state index contributed by atoms with van der Waals surface area (Å²) in [4.78, 5) is 15.9. The van der Waals surface area contributed by atoms with Crippen LogP contribution in [0.15, 0.2) is 66.2 Å². The molecule has 28 heavy (non-hydrogen) atoms. The Bertz CT molecular complexity index is 987. The number of hydrogen-bond acceptors (Lipinski definition) is 4. The van der Waals surface area contributed by atoms with Crippen LogP contribution in [-0.2, 0) is 21.5 Å². The second-order valence-corrected chi connectivity index (χ2v) is 8.22. The fourth-order valence-corrected chi connectivity index (χ4v) is 5.72. The Balaban J connectivity index is 1.61. The van der Waals surface area contributed by atoms with Crippen LogP contribution in [0.4, 0.5) is 5.69 Å². The molecular weight excluding hydrogens is 368 g/mol. The molecule has 0 bridgehead atoms. The van der Waals surface area contributed by atoms with E-state index in [0.29, 0.717) is 0 Å². The van der Waals surface area contributed by atoms with Gasteiger partial charge in [0.05, 0.1) is 23.7 Å². The maximum atomic E-state index is 12.5. The first-order valence-corrected chi connectivity index (χ1v) is 10.0. The van der Waals surface area contributed by atoms with Crippen molar-refractivity contribution in [1.29, 1.82) is 0 Å². The van der Waals surface area contributed by atoms with Crippen LogP contribution >= 0.6 is 12.2 Å². The molecule has 1 spiro atoms. The van der Waals surface area contributed by atoms with Gasteiger partial charge < -0.3 is 15.0 Å². The lowest BCUT2D eigenvalue weighted by atomic mass is 9.65. The molecule has 0 aromatic heterocycles. The second-order valence-electron chi connectivity index (χ2n) is 7.75. The van der Waals surface area contributed by atoms with Gasteiger partial charge in [-0.3, -0.25) is 0 Å². The third-order valence-electron chi connectivity index (χ3n) is 6.47. The van der Waals surface area contributed by atoms with E-state index in [1.54, 1.807) is 0 Å². The average molecular weight is 391 g/mol. The van der Waals surface area contributed by atoms with Crippen molar-refractivity contribution in [1.82, 2.24) is 4.90 Å². The highest BCUT2D eigenvalue weighted by atomic mass is 32.1. The number of fused-ring (bicyclic) bond motifs is 1. The van der Waals surface area contributed by atoms with Crippen molar-refractivity contribution < 1.29 is 9.53 Å². The largest absolute Gasteiger partial charge is 0.466 e. The summed E-state index contributed by atoms with van der Waals surface area (Å²) in [5.41, 5.74) is 4.09. The molecule has 1 N–H and O–H groups in total. The van der Waals surface area contributed by atoms with E-state index in [0.717, 1.165) is 35.6 Å². The lowest BCUT2D eigenvalue weighted by Gasteiger charge is -2.43. The number of nitrogens with one attached hydrogen (secondary N) is 1. The van der Waals surface area contributed by atoms with Gasteiger partial charge in [0.15, 0.2) is 0 Å². The summed E-state index contributed by atoms with van der Waals surface area (Å²) in [5, 5.41) is 3.61. The highest BCUT2D eigenvalue weighted by molar-refractivity contribution is 7.80. The van der Waals surface area contributed by atoms with E-state index >= 15 is 0 Å². The molecule has 1 saturated heterocycles. The summed E-state index contributed by atoms with van der Waals surface area (Å²) >= 11 is 5.89. The molecule has 0 unspecified atom stereocenters. The minimum atomic E-state index is -0.254. The molecule has 3 aliphatic rings. The maximum Gasteiger partial charge on any atom is 0.335 e. The molecule has 2 aliphatic heterocycles. The first-order chi connectivity index (χ1) is 13.6. The molecule has 1 aliphatic carbocycles. The van der Waals surface area contributed by atoms with E-state index < -0.39 is 0 Å². The fourth-order valence-electron chi connectivity index (χ4n) is 5.29. The summed E-state index contributed by atoms with van der Waals surface area (Å²) in [6, 6.07) is 18.9. The van der Waals surface area contributed by atoms with Crippen LogP contribution < -0.4 is 5.32 Å². The van der Waals surface area contributed by atoms with Gasteiger partial charge in [0.2, 0.25) is 0 Å². The van der Waals surface area contributed by atoms with Gasteiger partial charge in [-0.25, -0.2) is 4.79 Å². The van der Waals surface area contributed by atoms with Gasteiger partial charge >= 0.3 is 5.97 Å². The van der Waals surface area contributed by atoms with Gasteiger partial charge in [-0.15, -0.1) is 0 Å². The average Bonchev–Trinajstić information content (AvgIpc) is 3.21. The van der Waals surface area contributed by atoms with E-state index in [2.05, 4.69) is 52.7 Å². The van der Waals surface area contributed by atoms with Crippen LogP contribution in [0.3, 0.4) is 0 Å². The zero-order chi connectivity index (χ0) is 19.3. The van der Waals surface area contributed by atoms with Crippen molar-refractivity contribution in [2.75, 3.05) is 12.4 Å². The third kappa shape index (κ3) is 2.35. The minimum absolute atomic E-state index is 0.116. The highest BCUT2D eigenvalue weighted by Gasteiger charge is 2.61. The number of likely N-dealkylation sites (tertiary alicyclic amines) is 1. The lowest BCUT2D eigenvalue weighted by Crippen LogP contribution is -2.53. The van der Waals surface area contributed by atoms with Crippen molar-refractivity contribution >= 4 is 28.9 Å². The predicted octanol–water partition coefficient (Wildman–Crippen LogP) is 3.82. The van der Waals surface area contributed by atoms with Gasteiger partial charge in [-0.1, -0.05) is 66.8 Å². The molecule has 1 fully saturated rings. The molecular formula is C23H22N2O2S. The van der Waals surface area contributed by atoms with E-state index in [1.807, 2.05) is 18.2 Å². The normalized spacial score (nSPS) is 27.4. The Hall–Kier alpha value is -2.66. The Morgan fingerprint density at radius 1 is 1.21 bits per heavy atom. The molecule has 3 atom stereocenters. The number of thiocarbonyl (C=S) groups is 1. The standard InChI is InChI=1S/C23H22N2O2S/c1-27-22(26)16-11-12-19-23(17-9-5-6-10-18(17)24-21(16)23)13-20(28)25(19)14-15-7-3-2-4-8-15/h2-11,19,21,24H,12-14H2,1H3/t19-,21-,23+/m0/s1. The Morgan fingerprint density at radius 2 is 1.96 bits per heavy atom. The number of rotatable bonds is 3. The fraction of sp³-hybridized carbons (Fsp3) is 0.304. The topological polar surface area (TPSA) is 41.6 Å². The summed E-state index contributed by atoms with van der Waals surface area (Å²) < 4.78 is 5.10. The molecule has 5 rings (SSSR count). The van der Waals surface area contributed by atoms with E-state index in [9.17, 15) is 4.79 Å². The first-order valence-electron chi connectivity index (χ1n) is 9.63. The van der Waals surface area contributed by atoms with Crippen LogP contribution in [0.1, 0.15) is 24.0 Å². The van der Waals surface area contributed by atoms with Crippen molar-refractivity contribution in [2.24, 2.45) is 0 Å². The van der Waals surface area contributed by atoms with Gasteiger partial charge in [-0.05, 0) is 23.6 Å². The highest BCUT2D eigenvalue weighted by Crippen LogP contribution is 2.56. The molecule has 2 heterocycles. The number of carbonyl (C=O) groups excluding carboxylic acids is 1. The van der Waals surface area contributed by atoms with E-state index in [1.165, 1.54) is 18.2 Å². The second kappa shape index (κ2) is 6.45. The van der Waals surface area contributed by atoms with Gasteiger partial charge in [0, 0.05) is 30.1 Å². The smallest absolute Gasteiger partial charge is 0.335 e. The summed E-state index contributed by atoms with van der Waals surface area (Å²) in [5.74, 6) is -0.254. The summed E-state index contributed by atoms with van der Waals surface area (Å²) in [7, 11) is 1.45. The number of para-hydroxylation sites is 1. The number of ether oxygens (including phenoxy) is 1. The molecule has 0 amide bonds. The SMILES string of the molecule is COC(=O)C1=CC[C@@H]2N(Cc3ccccc3)C(=S)C[C@@]23c2ccccc2N[C@@H]13. The molecule has 4 nitrogen and oxygen atoms in total. The number of carbonyl (C=O) groups is 1.